The fraction of sp³-hybridized carbons (Fsp3) is 0. The van der Waals surface area contributed by atoms with Crippen molar-refractivity contribution in [1.29, 1.82) is 5.26 Å². The van der Waals surface area contributed by atoms with Crippen LogP contribution in [0.5, 0.6) is 0 Å². The molecule has 3 aromatic rings. The maximum Gasteiger partial charge on any atom is 0.267 e. The molecule has 9 heteroatoms. The van der Waals surface area contributed by atoms with Crippen molar-refractivity contribution in [2.45, 2.75) is 4.34 Å². The molecule has 0 aliphatic heterocycles. The normalized spacial score (nSPS) is 11.6. The number of hydrogen-bond acceptors (Lipinski definition) is 6. The number of fused-ring (bicyclic) bond motifs is 1. The number of rotatable bonds is 2. The Morgan fingerprint density at radius 2 is 2.20 bits per heavy atom. The highest BCUT2D eigenvalue weighted by Gasteiger charge is 2.17. The Morgan fingerprint density at radius 1 is 1.40 bits per heavy atom. The van der Waals surface area contributed by atoms with Crippen molar-refractivity contribution in [3.05, 3.63) is 36.0 Å². The quantitative estimate of drug-likeness (QED) is 0.758. The van der Waals surface area contributed by atoms with Crippen molar-refractivity contribution < 1.29 is 8.42 Å². The van der Waals surface area contributed by atoms with Gasteiger partial charge in [0, 0.05) is 5.56 Å². The maximum atomic E-state index is 11.2. The van der Waals surface area contributed by atoms with E-state index in [0.29, 0.717) is 16.2 Å². The third-order valence-corrected chi connectivity index (χ3v) is 4.79. The first-order valence-electron chi connectivity index (χ1n) is 5.37. The van der Waals surface area contributed by atoms with Gasteiger partial charge in [0.1, 0.15) is 0 Å². The van der Waals surface area contributed by atoms with Crippen LogP contribution in [-0.4, -0.2) is 23.0 Å². The van der Waals surface area contributed by atoms with E-state index in [4.69, 9.17) is 10.4 Å². The van der Waals surface area contributed by atoms with Gasteiger partial charge in [0.25, 0.3) is 10.0 Å². The predicted molar refractivity (Wildman–Crippen MR) is 72.4 cm³/mol. The molecule has 3 rings (SSSR count). The lowest BCUT2D eigenvalue weighted by atomic mass is 10.1. The summed E-state index contributed by atoms with van der Waals surface area (Å²) in [6, 6.07) is 9.01. The molecular weight excluding hydrogens is 298 g/mol. The molecule has 100 valence electrons. The van der Waals surface area contributed by atoms with Gasteiger partial charge in [-0.25, -0.2) is 23.1 Å². The van der Waals surface area contributed by atoms with Crippen LogP contribution in [0.2, 0.25) is 0 Å². The summed E-state index contributed by atoms with van der Waals surface area (Å²) >= 11 is 0.892. The van der Waals surface area contributed by atoms with Gasteiger partial charge < -0.3 is 0 Å². The largest absolute Gasteiger partial charge is 0.267 e. The van der Waals surface area contributed by atoms with E-state index < -0.39 is 10.0 Å². The number of primary sulfonamides is 1. The maximum absolute atomic E-state index is 11.2. The van der Waals surface area contributed by atoms with Crippen LogP contribution in [0, 0.1) is 11.3 Å². The average Bonchev–Trinajstić information content (AvgIpc) is 2.96. The van der Waals surface area contributed by atoms with Gasteiger partial charge in [0.15, 0.2) is 0 Å². The van der Waals surface area contributed by atoms with Crippen LogP contribution in [-0.2, 0) is 10.0 Å². The second kappa shape index (κ2) is 4.38. The molecule has 0 radical (unpaired) electrons. The highest BCUT2D eigenvalue weighted by Crippen LogP contribution is 2.24. The number of imidazole rings is 1. The van der Waals surface area contributed by atoms with Crippen LogP contribution in [0.4, 0.5) is 0 Å². The van der Waals surface area contributed by atoms with Gasteiger partial charge in [0.05, 0.1) is 23.5 Å². The number of sulfonamides is 1. The van der Waals surface area contributed by atoms with E-state index in [1.165, 1.54) is 4.52 Å². The molecule has 0 unspecified atom stereocenters. The fourth-order valence-electron chi connectivity index (χ4n) is 1.68. The minimum absolute atomic E-state index is 0.183. The molecule has 7 nitrogen and oxygen atoms in total. The number of hydrogen-bond donors (Lipinski definition) is 1. The molecule has 0 atom stereocenters. The van der Waals surface area contributed by atoms with Gasteiger partial charge in [-0.05, 0) is 12.1 Å². The molecule has 0 bridgehead atoms. The summed E-state index contributed by atoms with van der Waals surface area (Å²) in [5.74, 6) is 0. The minimum Gasteiger partial charge on any atom is -0.223 e. The first kappa shape index (κ1) is 12.7. The SMILES string of the molecule is N#Cc1cccc(-c2cn3nc(S(N)(=O)=O)sc3n2)c1. The summed E-state index contributed by atoms with van der Waals surface area (Å²) in [7, 11) is -3.82. The molecule has 2 aromatic heterocycles. The minimum atomic E-state index is -3.82. The second-order valence-corrected chi connectivity index (χ2v) is 6.65. The Balaban J connectivity index is 2.10. The van der Waals surface area contributed by atoms with Gasteiger partial charge in [-0.1, -0.05) is 23.5 Å². The highest BCUT2D eigenvalue weighted by atomic mass is 32.2. The van der Waals surface area contributed by atoms with Crippen molar-refractivity contribution in [1.82, 2.24) is 14.6 Å². The molecule has 2 heterocycles. The number of nitriles is 1. The van der Waals surface area contributed by atoms with Crippen molar-refractivity contribution in [3.63, 3.8) is 0 Å². The highest BCUT2D eigenvalue weighted by molar-refractivity contribution is 7.91. The molecule has 0 spiro atoms. The van der Waals surface area contributed by atoms with E-state index in [-0.39, 0.29) is 4.34 Å². The van der Waals surface area contributed by atoms with Crippen LogP contribution in [0.15, 0.2) is 34.8 Å². The zero-order chi connectivity index (χ0) is 14.3. The molecule has 0 aliphatic carbocycles. The lowest BCUT2D eigenvalue weighted by molar-refractivity contribution is 0.595. The molecule has 0 saturated carbocycles. The molecule has 0 saturated heterocycles. The van der Waals surface area contributed by atoms with E-state index in [1.807, 2.05) is 6.07 Å². The van der Waals surface area contributed by atoms with Crippen LogP contribution in [0.3, 0.4) is 0 Å². The monoisotopic (exact) mass is 305 g/mol. The second-order valence-electron chi connectivity index (χ2n) is 3.96. The summed E-state index contributed by atoms with van der Waals surface area (Å²) in [6.07, 6.45) is 1.59. The standard InChI is InChI=1S/C11H7N5O2S2/c12-5-7-2-1-3-8(4-7)9-6-16-10(14-9)19-11(15-16)20(13,17)18/h1-4,6H,(H2,13,17,18). The summed E-state index contributed by atoms with van der Waals surface area (Å²) in [5, 5.41) is 17.7. The number of aromatic nitrogens is 3. The molecule has 0 fully saturated rings. The molecule has 20 heavy (non-hydrogen) atoms. The average molecular weight is 305 g/mol. The first-order valence-corrected chi connectivity index (χ1v) is 7.73. The van der Waals surface area contributed by atoms with E-state index >= 15 is 0 Å². The third-order valence-electron chi connectivity index (χ3n) is 2.56. The van der Waals surface area contributed by atoms with Crippen molar-refractivity contribution in [3.8, 4) is 17.3 Å². The number of nitrogens with two attached hydrogens (primary N) is 1. The van der Waals surface area contributed by atoms with Crippen LogP contribution >= 0.6 is 11.3 Å². The smallest absolute Gasteiger partial charge is 0.223 e. The Bertz CT molecular complexity index is 917. The molecule has 1 aromatic carbocycles. The van der Waals surface area contributed by atoms with Crippen LogP contribution < -0.4 is 5.14 Å². The van der Waals surface area contributed by atoms with E-state index in [0.717, 1.165) is 16.9 Å². The lowest BCUT2D eigenvalue weighted by Gasteiger charge is -1.95. The lowest BCUT2D eigenvalue weighted by Crippen LogP contribution is -2.12. The fourth-order valence-corrected chi connectivity index (χ4v) is 3.19. The topological polar surface area (TPSA) is 114 Å². The van der Waals surface area contributed by atoms with Gasteiger partial charge in [0.2, 0.25) is 9.30 Å². The van der Waals surface area contributed by atoms with Gasteiger partial charge >= 0.3 is 0 Å². The first-order chi connectivity index (χ1) is 9.47. The summed E-state index contributed by atoms with van der Waals surface area (Å²) < 4.78 is 23.6. The summed E-state index contributed by atoms with van der Waals surface area (Å²) in [4.78, 5) is 4.70. The zero-order valence-electron chi connectivity index (χ0n) is 9.89. The van der Waals surface area contributed by atoms with Gasteiger partial charge in [-0.3, -0.25) is 0 Å². The Hall–Kier alpha value is -2.28. The Kier molecular flexibility index (Phi) is 2.79. The predicted octanol–water partition coefficient (Wildman–Crippen LogP) is 0.977. The number of nitrogens with zero attached hydrogens (tertiary/aromatic N) is 4. The van der Waals surface area contributed by atoms with Crippen LogP contribution in [0.25, 0.3) is 16.2 Å². The number of benzene rings is 1. The Labute approximate surface area is 118 Å². The molecule has 2 N–H and O–H groups in total. The van der Waals surface area contributed by atoms with E-state index in [2.05, 4.69) is 16.2 Å². The van der Waals surface area contributed by atoms with E-state index in [1.54, 1.807) is 24.4 Å². The molecular formula is C11H7N5O2S2. The van der Waals surface area contributed by atoms with Gasteiger partial charge in [-0.2, -0.15) is 5.26 Å². The van der Waals surface area contributed by atoms with Crippen molar-refractivity contribution >= 4 is 26.3 Å². The van der Waals surface area contributed by atoms with Crippen molar-refractivity contribution in [2.24, 2.45) is 5.14 Å². The van der Waals surface area contributed by atoms with Crippen LogP contribution in [0.1, 0.15) is 5.56 Å². The third kappa shape index (κ3) is 2.16. The summed E-state index contributed by atoms with van der Waals surface area (Å²) in [5.41, 5.74) is 1.90. The van der Waals surface area contributed by atoms with Crippen molar-refractivity contribution in [2.75, 3.05) is 0 Å². The molecule has 0 amide bonds. The Morgan fingerprint density at radius 3 is 2.85 bits per heavy atom. The zero-order valence-corrected chi connectivity index (χ0v) is 11.5. The molecule has 0 aliphatic rings. The van der Waals surface area contributed by atoms with Gasteiger partial charge in [-0.15, -0.1) is 5.10 Å². The van der Waals surface area contributed by atoms with E-state index in [9.17, 15) is 8.42 Å². The summed E-state index contributed by atoms with van der Waals surface area (Å²) in [6.45, 7) is 0.